The number of benzene rings is 1. The number of rotatable bonds is 4. The summed E-state index contributed by atoms with van der Waals surface area (Å²) in [7, 11) is 0. The topological polar surface area (TPSA) is 48.0 Å². The van der Waals surface area contributed by atoms with E-state index in [2.05, 4.69) is 4.90 Å². The molecule has 1 aromatic carbocycles. The molecule has 0 radical (unpaired) electrons. The summed E-state index contributed by atoms with van der Waals surface area (Å²) in [6.45, 7) is 4.96. The maximum atomic E-state index is 12.4. The van der Waals surface area contributed by atoms with Gasteiger partial charge in [-0.2, -0.15) is 0 Å². The molecular formula is C15H18ClNO4. The Morgan fingerprint density at radius 2 is 1.76 bits per heavy atom. The average Bonchev–Trinajstić information content (AvgIpc) is 2.53. The molecule has 114 valence electrons. The highest BCUT2D eigenvalue weighted by atomic mass is 35.5. The number of Topliss-reactive ketones (excluding diaryl/α,β-unsaturated/α-hetero) is 1. The van der Waals surface area contributed by atoms with Crippen molar-refractivity contribution in [3.05, 3.63) is 22.7 Å². The van der Waals surface area contributed by atoms with Crippen LogP contribution >= 0.6 is 11.6 Å². The van der Waals surface area contributed by atoms with Crippen LogP contribution in [0.25, 0.3) is 0 Å². The molecular weight excluding hydrogens is 294 g/mol. The van der Waals surface area contributed by atoms with Gasteiger partial charge < -0.3 is 14.2 Å². The van der Waals surface area contributed by atoms with Gasteiger partial charge in [0.25, 0.3) is 0 Å². The minimum atomic E-state index is 0.0310. The minimum Gasteiger partial charge on any atom is -0.486 e. The second-order valence-electron chi connectivity index (χ2n) is 5.10. The van der Waals surface area contributed by atoms with Gasteiger partial charge in [0.05, 0.1) is 18.2 Å². The maximum absolute atomic E-state index is 12.4. The van der Waals surface area contributed by atoms with E-state index in [4.69, 9.17) is 25.8 Å². The van der Waals surface area contributed by atoms with Crippen molar-refractivity contribution in [2.75, 3.05) is 46.1 Å². The van der Waals surface area contributed by atoms with Gasteiger partial charge in [0.2, 0.25) is 0 Å². The number of nitrogens with zero attached hydrogens (tertiary/aromatic N) is 1. The van der Waals surface area contributed by atoms with Gasteiger partial charge in [-0.1, -0.05) is 11.6 Å². The van der Waals surface area contributed by atoms with E-state index in [9.17, 15) is 4.79 Å². The molecule has 0 amide bonds. The molecule has 2 aliphatic rings. The number of halogens is 1. The van der Waals surface area contributed by atoms with Crippen molar-refractivity contribution in [3.8, 4) is 11.5 Å². The summed E-state index contributed by atoms with van der Waals surface area (Å²) in [5, 5.41) is 0.422. The van der Waals surface area contributed by atoms with E-state index in [0.717, 1.165) is 32.8 Å². The highest BCUT2D eigenvalue weighted by Crippen LogP contribution is 2.35. The third-order valence-corrected chi connectivity index (χ3v) is 4.00. The van der Waals surface area contributed by atoms with Gasteiger partial charge in [-0.05, 0) is 6.07 Å². The summed E-state index contributed by atoms with van der Waals surface area (Å²) in [5.74, 6) is 1.24. The number of morpholine rings is 1. The van der Waals surface area contributed by atoms with Gasteiger partial charge in [0, 0.05) is 37.7 Å². The second-order valence-corrected chi connectivity index (χ2v) is 5.51. The van der Waals surface area contributed by atoms with Gasteiger partial charge in [0.1, 0.15) is 13.2 Å². The summed E-state index contributed by atoms with van der Waals surface area (Å²) < 4.78 is 16.2. The lowest BCUT2D eigenvalue weighted by atomic mass is 10.1. The molecule has 0 aromatic heterocycles. The van der Waals surface area contributed by atoms with Gasteiger partial charge in [-0.15, -0.1) is 0 Å². The summed E-state index contributed by atoms with van der Waals surface area (Å²) in [5.41, 5.74) is 0.508. The van der Waals surface area contributed by atoms with Crippen LogP contribution in [0.1, 0.15) is 16.8 Å². The Hall–Kier alpha value is -1.30. The summed E-state index contributed by atoms with van der Waals surface area (Å²) in [6, 6.07) is 3.36. The van der Waals surface area contributed by atoms with Crippen LogP contribution in [0.3, 0.4) is 0 Å². The van der Waals surface area contributed by atoms with Crippen molar-refractivity contribution in [2.45, 2.75) is 6.42 Å². The second kappa shape index (κ2) is 6.64. The molecule has 1 aromatic rings. The first kappa shape index (κ1) is 14.6. The quantitative estimate of drug-likeness (QED) is 0.796. The molecule has 0 unspecified atom stereocenters. The molecule has 5 nitrogen and oxygen atoms in total. The zero-order valence-electron chi connectivity index (χ0n) is 11.8. The molecule has 6 heteroatoms. The molecule has 21 heavy (non-hydrogen) atoms. The first-order valence-electron chi connectivity index (χ1n) is 7.16. The van der Waals surface area contributed by atoms with Gasteiger partial charge in [-0.3, -0.25) is 9.69 Å². The van der Waals surface area contributed by atoms with Crippen LogP contribution in [0.4, 0.5) is 0 Å². The van der Waals surface area contributed by atoms with E-state index in [-0.39, 0.29) is 5.78 Å². The molecule has 0 saturated carbocycles. The Labute approximate surface area is 128 Å². The number of ketones is 1. The van der Waals surface area contributed by atoms with E-state index in [0.29, 0.717) is 41.7 Å². The Bertz CT molecular complexity index is 529. The number of carbonyl (C=O) groups is 1. The average molecular weight is 312 g/mol. The van der Waals surface area contributed by atoms with Crippen molar-refractivity contribution < 1.29 is 19.0 Å². The molecule has 2 aliphatic heterocycles. The van der Waals surface area contributed by atoms with E-state index in [1.54, 1.807) is 12.1 Å². The van der Waals surface area contributed by atoms with Gasteiger partial charge in [0.15, 0.2) is 17.3 Å². The van der Waals surface area contributed by atoms with Crippen molar-refractivity contribution in [1.29, 1.82) is 0 Å². The molecule has 0 bridgehead atoms. The predicted octanol–water partition coefficient (Wildman–Crippen LogP) is 2.02. The van der Waals surface area contributed by atoms with Crippen molar-refractivity contribution >= 4 is 17.4 Å². The third-order valence-electron chi connectivity index (χ3n) is 3.69. The van der Waals surface area contributed by atoms with E-state index in [1.165, 1.54) is 0 Å². The first-order chi connectivity index (χ1) is 10.2. The largest absolute Gasteiger partial charge is 0.486 e. The first-order valence-corrected chi connectivity index (χ1v) is 7.54. The van der Waals surface area contributed by atoms with Crippen molar-refractivity contribution in [2.24, 2.45) is 0 Å². The van der Waals surface area contributed by atoms with Crippen LogP contribution < -0.4 is 9.47 Å². The van der Waals surface area contributed by atoms with Crippen LogP contribution in [-0.2, 0) is 4.74 Å². The SMILES string of the molecule is O=C(CCN1CCOCC1)c1cc2c(cc1Cl)OCCO2. The number of hydrogen-bond donors (Lipinski definition) is 0. The highest BCUT2D eigenvalue weighted by molar-refractivity contribution is 6.34. The predicted molar refractivity (Wildman–Crippen MR) is 78.6 cm³/mol. The molecule has 0 atom stereocenters. The smallest absolute Gasteiger partial charge is 0.165 e. The summed E-state index contributed by atoms with van der Waals surface area (Å²) >= 11 is 6.19. The van der Waals surface area contributed by atoms with Crippen LogP contribution in [0.5, 0.6) is 11.5 Å². The normalized spacial score (nSPS) is 18.5. The number of ether oxygens (including phenoxy) is 3. The molecule has 0 spiro atoms. The molecule has 0 N–H and O–H groups in total. The molecule has 3 rings (SSSR count). The lowest BCUT2D eigenvalue weighted by molar-refractivity contribution is 0.0370. The fraction of sp³-hybridized carbons (Fsp3) is 0.533. The molecule has 2 heterocycles. The summed E-state index contributed by atoms with van der Waals surface area (Å²) in [4.78, 5) is 14.6. The van der Waals surface area contributed by atoms with E-state index >= 15 is 0 Å². The van der Waals surface area contributed by atoms with E-state index < -0.39 is 0 Å². The Balaban J connectivity index is 1.66. The lowest BCUT2D eigenvalue weighted by Crippen LogP contribution is -2.37. The van der Waals surface area contributed by atoms with Crippen molar-refractivity contribution in [1.82, 2.24) is 4.90 Å². The molecule has 1 saturated heterocycles. The van der Waals surface area contributed by atoms with Crippen LogP contribution in [0.15, 0.2) is 12.1 Å². The van der Waals surface area contributed by atoms with Crippen LogP contribution in [0, 0.1) is 0 Å². The number of hydrogen-bond acceptors (Lipinski definition) is 5. The molecule has 0 aliphatic carbocycles. The molecule has 1 fully saturated rings. The Morgan fingerprint density at radius 1 is 1.10 bits per heavy atom. The fourth-order valence-electron chi connectivity index (χ4n) is 2.50. The van der Waals surface area contributed by atoms with Crippen molar-refractivity contribution in [3.63, 3.8) is 0 Å². The standard InChI is InChI=1S/C15H18ClNO4/c16-12-10-15-14(20-7-8-21-15)9-11(12)13(18)1-2-17-3-5-19-6-4-17/h9-10H,1-8H2. The third kappa shape index (κ3) is 3.48. The lowest BCUT2D eigenvalue weighted by Gasteiger charge is -2.26. The number of fused-ring (bicyclic) bond motifs is 1. The number of carbonyl (C=O) groups excluding carboxylic acids is 1. The Morgan fingerprint density at radius 3 is 2.48 bits per heavy atom. The fourth-order valence-corrected chi connectivity index (χ4v) is 2.76. The maximum Gasteiger partial charge on any atom is 0.165 e. The zero-order valence-corrected chi connectivity index (χ0v) is 12.5. The minimum absolute atomic E-state index is 0.0310. The zero-order chi connectivity index (χ0) is 14.7. The van der Waals surface area contributed by atoms with E-state index in [1.807, 2.05) is 0 Å². The highest BCUT2D eigenvalue weighted by Gasteiger charge is 2.20. The monoisotopic (exact) mass is 311 g/mol. The van der Waals surface area contributed by atoms with Crippen LogP contribution in [0.2, 0.25) is 5.02 Å². The Kier molecular flexibility index (Phi) is 4.63. The van der Waals surface area contributed by atoms with Gasteiger partial charge >= 0.3 is 0 Å². The summed E-state index contributed by atoms with van der Waals surface area (Å²) in [6.07, 6.45) is 0.444. The van der Waals surface area contributed by atoms with Crippen LogP contribution in [-0.4, -0.2) is 56.7 Å². The van der Waals surface area contributed by atoms with Gasteiger partial charge in [-0.25, -0.2) is 0 Å².